The van der Waals surface area contributed by atoms with Crippen LogP contribution in [0.15, 0.2) is 54.6 Å². The number of anilines is 1. The minimum absolute atomic E-state index is 0.175. The molecule has 5 rings (SSSR count). The number of ether oxygens (including phenoxy) is 3. The van der Waals surface area contributed by atoms with Gasteiger partial charge in [-0.2, -0.15) is 0 Å². The molecule has 0 aliphatic carbocycles. The molecule has 6 nitrogen and oxygen atoms in total. The molecule has 6 heteroatoms. The van der Waals surface area contributed by atoms with Gasteiger partial charge in [-0.05, 0) is 59.9 Å². The van der Waals surface area contributed by atoms with Crippen molar-refractivity contribution in [1.29, 1.82) is 0 Å². The van der Waals surface area contributed by atoms with Crippen LogP contribution in [0.25, 0.3) is 0 Å². The molecule has 3 aromatic carbocycles. The number of methoxy groups -OCH3 is 3. The fourth-order valence-electron chi connectivity index (χ4n) is 5.25. The number of nitrogens with zero attached hydrogens (tertiary/aromatic N) is 1. The minimum atomic E-state index is 0.175. The maximum absolute atomic E-state index is 5.66. The standard InChI is InChI=1S/C28H33N3O3/c1-17-6-9-20(12-18(17)2)27-23-16-31(15-19-7-10-21(32-3)11-8-19)24-14-26(34-5)25(33-4)13-22(24)28(23)30-29-27/h6-14,23,27-30H,15-16H2,1-5H3. The van der Waals surface area contributed by atoms with E-state index in [4.69, 9.17) is 14.2 Å². The van der Waals surface area contributed by atoms with Crippen molar-refractivity contribution >= 4 is 5.69 Å². The molecular formula is C28H33N3O3. The van der Waals surface area contributed by atoms with Crippen molar-refractivity contribution in [3.05, 3.63) is 82.4 Å². The van der Waals surface area contributed by atoms with Gasteiger partial charge in [0.1, 0.15) is 5.75 Å². The van der Waals surface area contributed by atoms with Crippen LogP contribution in [-0.4, -0.2) is 27.9 Å². The number of hydrogen-bond donors (Lipinski definition) is 2. The minimum Gasteiger partial charge on any atom is -0.497 e. The maximum atomic E-state index is 5.66. The van der Waals surface area contributed by atoms with E-state index in [1.54, 1.807) is 21.3 Å². The van der Waals surface area contributed by atoms with Gasteiger partial charge >= 0.3 is 0 Å². The Morgan fingerprint density at radius 3 is 2.18 bits per heavy atom. The van der Waals surface area contributed by atoms with Gasteiger partial charge in [0, 0.05) is 30.8 Å². The number of nitrogens with one attached hydrogen (secondary N) is 2. The van der Waals surface area contributed by atoms with Crippen molar-refractivity contribution in [2.75, 3.05) is 32.8 Å². The maximum Gasteiger partial charge on any atom is 0.162 e. The summed E-state index contributed by atoms with van der Waals surface area (Å²) in [5, 5.41) is 0. The summed E-state index contributed by atoms with van der Waals surface area (Å²) >= 11 is 0. The molecule has 3 aromatic rings. The Kier molecular flexibility index (Phi) is 6.11. The van der Waals surface area contributed by atoms with Gasteiger partial charge in [0.2, 0.25) is 0 Å². The third-order valence-electron chi connectivity index (χ3n) is 7.31. The van der Waals surface area contributed by atoms with Gasteiger partial charge in [0.25, 0.3) is 0 Å². The molecular weight excluding hydrogens is 426 g/mol. The molecule has 1 fully saturated rings. The molecule has 0 amide bonds. The van der Waals surface area contributed by atoms with Crippen molar-refractivity contribution < 1.29 is 14.2 Å². The van der Waals surface area contributed by atoms with Crippen molar-refractivity contribution in [1.82, 2.24) is 10.9 Å². The lowest BCUT2D eigenvalue weighted by atomic mass is 9.81. The van der Waals surface area contributed by atoms with Crippen molar-refractivity contribution in [3.63, 3.8) is 0 Å². The fourth-order valence-corrected chi connectivity index (χ4v) is 5.25. The van der Waals surface area contributed by atoms with Crippen LogP contribution in [0.4, 0.5) is 5.69 Å². The van der Waals surface area contributed by atoms with Gasteiger partial charge in [0.05, 0.1) is 33.4 Å². The molecule has 1 saturated heterocycles. The Morgan fingerprint density at radius 1 is 0.794 bits per heavy atom. The number of hydrazine groups is 1. The van der Waals surface area contributed by atoms with Gasteiger partial charge in [-0.25, -0.2) is 10.9 Å². The van der Waals surface area contributed by atoms with E-state index in [9.17, 15) is 0 Å². The normalized spacial score (nSPS) is 21.1. The molecule has 178 valence electrons. The molecule has 0 spiro atoms. The van der Waals surface area contributed by atoms with E-state index in [0.717, 1.165) is 30.3 Å². The van der Waals surface area contributed by atoms with E-state index in [0.29, 0.717) is 5.92 Å². The first-order valence-electron chi connectivity index (χ1n) is 11.7. The second-order valence-electron chi connectivity index (χ2n) is 9.25. The smallest absolute Gasteiger partial charge is 0.162 e. The third kappa shape index (κ3) is 3.97. The Hall–Kier alpha value is -3.22. The van der Waals surface area contributed by atoms with Crippen LogP contribution in [0.3, 0.4) is 0 Å². The summed E-state index contributed by atoms with van der Waals surface area (Å²) in [6.07, 6.45) is 0. The van der Waals surface area contributed by atoms with E-state index in [-0.39, 0.29) is 12.1 Å². The van der Waals surface area contributed by atoms with Crippen molar-refractivity contribution in [2.45, 2.75) is 32.5 Å². The van der Waals surface area contributed by atoms with Crippen LogP contribution < -0.4 is 30.0 Å². The zero-order chi connectivity index (χ0) is 23.8. The van der Waals surface area contributed by atoms with Gasteiger partial charge in [-0.15, -0.1) is 0 Å². The molecule has 2 heterocycles. The van der Waals surface area contributed by atoms with Crippen LogP contribution in [0.2, 0.25) is 0 Å². The van der Waals surface area contributed by atoms with Gasteiger partial charge in [0.15, 0.2) is 11.5 Å². The van der Waals surface area contributed by atoms with Crippen LogP contribution in [0, 0.1) is 19.8 Å². The molecule has 2 aliphatic heterocycles. The SMILES string of the molecule is COc1ccc(CN2CC3C(c4ccc(C)c(C)c4)NNC3c3cc(OC)c(OC)cc32)cc1. The van der Waals surface area contributed by atoms with E-state index < -0.39 is 0 Å². The fraction of sp³-hybridized carbons (Fsp3) is 0.357. The number of hydrogen-bond acceptors (Lipinski definition) is 6. The van der Waals surface area contributed by atoms with Crippen molar-refractivity contribution in [2.24, 2.45) is 5.92 Å². The van der Waals surface area contributed by atoms with Crippen LogP contribution >= 0.6 is 0 Å². The lowest BCUT2D eigenvalue weighted by Crippen LogP contribution is -2.39. The average Bonchev–Trinajstić information content (AvgIpc) is 3.29. The Morgan fingerprint density at radius 2 is 1.50 bits per heavy atom. The highest BCUT2D eigenvalue weighted by atomic mass is 16.5. The average molecular weight is 460 g/mol. The summed E-state index contributed by atoms with van der Waals surface area (Å²) in [5.41, 5.74) is 14.8. The zero-order valence-electron chi connectivity index (χ0n) is 20.5. The van der Waals surface area contributed by atoms with Crippen LogP contribution in [-0.2, 0) is 6.54 Å². The quantitative estimate of drug-likeness (QED) is 0.549. The number of rotatable bonds is 6. The molecule has 0 radical (unpaired) electrons. The molecule has 0 bridgehead atoms. The Bertz CT molecular complexity index is 1180. The molecule has 2 aliphatic rings. The van der Waals surface area contributed by atoms with Gasteiger partial charge in [-0.3, -0.25) is 0 Å². The second kappa shape index (κ2) is 9.20. The van der Waals surface area contributed by atoms with Crippen molar-refractivity contribution in [3.8, 4) is 17.2 Å². The zero-order valence-corrected chi connectivity index (χ0v) is 20.5. The monoisotopic (exact) mass is 459 g/mol. The van der Waals surface area contributed by atoms with Gasteiger partial charge in [-0.1, -0.05) is 30.3 Å². The largest absolute Gasteiger partial charge is 0.497 e. The Labute approximate surface area is 201 Å². The molecule has 3 atom stereocenters. The summed E-state index contributed by atoms with van der Waals surface area (Å²) < 4.78 is 16.7. The molecule has 3 unspecified atom stereocenters. The number of benzene rings is 3. The topological polar surface area (TPSA) is 55.0 Å². The molecule has 0 saturated carbocycles. The first kappa shape index (κ1) is 22.6. The summed E-state index contributed by atoms with van der Waals surface area (Å²) in [4.78, 5) is 2.46. The van der Waals surface area contributed by atoms with E-state index in [1.807, 2.05) is 12.1 Å². The first-order chi connectivity index (χ1) is 16.5. The third-order valence-corrected chi connectivity index (χ3v) is 7.31. The lowest BCUT2D eigenvalue weighted by molar-refractivity contribution is 0.350. The predicted molar refractivity (Wildman–Crippen MR) is 135 cm³/mol. The second-order valence-corrected chi connectivity index (χ2v) is 9.25. The highest BCUT2D eigenvalue weighted by Gasteiger charge is 2.43. The van der Waals surface area contributed by atoms with Gasteiger partial charge < -0.3 is 19.1 Å². The number of aryl methyl sites for hydroxylation is 2. The first-order valence-corrected chi connectivity index (χ1v) is 11.7. The van der Waals surface area contributed by atoms with Crippen LogP contribution in [0.1, 0.15) is 39.9 Å². The summed E-state index contributed by atoms with van der Waals surface area (Å²) in [7, 11) is 5.08. The molecule has 34 heavy (non-hydrogen) atoms. The highest BCUT2D eigenvalue weighted by Crippen LogP contribution is 2.49. The highest BCUT2D eigenvalue weighted by molar-refractivity contribution is 5.65. The van der Waals surface area contributed by atoms with E-state index in [1.165, 1.54) is 33.5 Å². The molecule has 2 N–H and O–H groups in total. The lowest BCUT2D eigenvalue weighted by Gasteiger charge is -2.39. The summed E-state index contributed by atoms with van der Waals surface area (Å²) in [6.45, 7) is 6.06. The Balaban J connectivity index is 1.54. The van der Waals surface area contributed by atoms with Crippen LogP contribution in [0.5, 0.6) is 17.2 Å². The summed E-state index contributed by atoms with van der Waals surface area (Å²) in [5.74, 6) is 2.72. The van der Waals surface area contributed by atoms with E-state index >= 15 is 0 Å². The number of fused-ring (bicyclic) bond motifs is 3. The van der Waals surface area contributed by atoms with E-state index in [2.05, 4.69) is 72.1 Å². The predicted octanol–water partition coefficient (Wildman–Crippen LogP) is 4.86. The summed E-state index contributed by atoms with van der Waals surface area (Å²) in [6, 6.07) is 19.7. The molecule has 0 aromatic heterocycles.